The van der Waals surface area contributed by atoms with E-state index in [1.54, 1.807) is 30.3 Å². The maximum atomic E-state index is 11.5. The molecule has 1 amide bonds. The lowest BCUT2D eigenvalue weighted by Crippen LogP contribution is -2.49. The van der Waals surface area contributed by atoms with Crippen molar-refractivity contribution in [3.8, 4) is 0 Å². The van der Waals surface area contributed by atoms with E-state index in [1.165, 1.54) is 19.9 Å². The van der Waals surface area contributed by atoms with Crippen LogP contribution in [0.25, 0.3) is 6.08 Å². The number of nitrogens with one attached hydrogen (secondary N) is 1. The molecular weight excluding hydrogens is 254 g/mol. The zero-order valence-electron chi connectivity index (χ0n) is 10.1. The maximum absolute atomic E-state index is 11.5. The van der Waals surface area contributed by atoms with Gasteiger partial charge in [0.15, 0.2) is 0 Å². The first kappa shape index (κ1) is 14.3. The molecule has 1 aromatic rings. The molecule has 0 unspecified atom stereocenters. The van der Waals surface area contributed by atoms with E-state index in [4.69, 9.17) is 16.7 Å². The quantitative estimate of drug-likeness (QED) is 0.823. The fourth-order valence-electron chi connectivity index (χ4n) is 1.19. The van der Waals surface area contributed by atoms with Gasteiger partial charge in [0.2, 0.25) is 5.91 Å². The number of hydrogen-bond donors (Lipinski definition) is 2. The second-order valence-corrected chi connectivity index (χ2v) is 4.74. The smallest absolute Gasteiger partial charge is 0.328 e. The molecule has 1 aromatic carbocycles. The molecular formula is C13H14ClNO3. The highest BCUT2D eigenvalue weighted by atomic mass is 35.5. The Labute approximate surface area is 110 Å². The Hall–Kier alpha value is -1.81. The zero-order chi connectivity index (χ0) is 13.8. The van der Waals surface area contributed by atoms with E-state index in [-0.39, 0.29) is 0 Å². The first-order chi connectivity index (χ1) is 8.31. The van der Waals surface area contributed by atoms with Gasteiger partial charge in [-0.1, -0.05) is 23.7 Å². The lowest BCUT2D eigenvalue weighted by atomic mass is 10.1. The normalized spacial score (nSPS) is 11.5. The number of carbonyl (C=O) groups is 2. The van der Waals surface area contributed by atoms with Crippen molar-refractivity contribution < 1.29 is 14.7 Å². The highest BCUT2D eigenvalue weighted by molar-refractivity contribution is 6.30. The highest BCUT2D eigenvalue weighted by Crippen LogP contribution is 2.11. The van der Waals surface area contributed by atoms with Crippen molar-refractivity contribution in [1.82, 2.24) is 5.32 Å². The summed E-state index contributed by atoms with van der Waals surface area (Å²) in [6, 6.07) is 6.99. The van der Waals surface area contributed by atoms with E-state index >= 15 is 0 Å². The van der Waals surface area contributed by atoms with Crippen LogP contribution in [0.3, 0.4) is 0 Å². The molecule has 0 bridgehead atoms. The van der Waals surface area contributed by atoms with Crippen LogP contribution in [0.4, 0.5) is 0 Å². The summed E-state index contributed by atoms with van der Waals surface area (Å²) in [7, 11) is 0. The standard InChI is InChI=1S/C13H14ClNO3/c1-13(2,12(17)18)15-11(16)7-6-9-4-3-5-10(14)8-9/h3-8H,1-2H3,(H,15,16)(H,17,18)/b7-6+. The van der Waals surface area contributed by atoms with E-state index in [2.05, 4.69) is 5.32 Å². The second-order valence-electron chi connectivity index (χ2n) is 4.31. The molecule has 2 N–H and O–H groups in total. The molecule has 0 aliphatic heterocycles. The van der Waals surface area contributed by atoms with Gasteiger partial charge in [-0.3, -0.25) is 4.79 Å². The van der Waals surface area contributed by atoms with Gasteiger partial charge in [-0.2, -0.15) is 0 Å². The Bertz CT molecular complexity index is 495. The van der Waals surface area contributed by atoms with Gasteiger partial charge in [0.05, 0.1) is 0 Å². The van der Waals surface area contributed by atoms with Crippen LogP contribution in [0.2, 0.25) is 5.02 Å². The lowest BCUT2D eigenvalue weighted by molar-refractivity contribution is -0.145. The number of carboxylic acids is 1. The van der Waals surface area contributed by atoms with E-state index in [9.17, 15) is 9.59 Å². The van der Waals surface area contributed by atoms with Crippen LogP contribution in [0, 0.1) is 0 Å². The monoisotopic (exact) mass is 267 g/mol. The van der Waals surface area contributed by atoms with Gasteiger partial charge >= 0.3 is 5.97 Å². The maximum Gasteiger partial charge on any atom is 0.328 e. The average Bonchev–Trinajstić information content (AvgIpc) is 2.25. The van der Waals surface area contributed by atoms with Crippen molar-refractivity contribution in [2.45, 2.75) is 19.4 Å². The third kappa shape index (κ3) is 4.22. The molecule has 18 heavy (non-hydrogen) atoms. The number of benzene rings is 1. The SMILES string of the molecule is CC(C)(NC(=O)/C=C/c1cccc(Cl)c1)C(=O)O. The molecule has 0 aromatic heterocycles. The number of amides is 1. The van der Waals surface area contributed by atoms with Crippen LogP contribution in [0.1, 0.15) is 19.4 Å². The number of halogens is 1. The van der Waals surface area contributed by atoms with E-state index in [1.807, 2.05) is 0 Å². The summed E-state index contributed by atoms with van der Waals surface area (Å²) in [4.78, 5) is 22.3. The molecule has 0 fully saturated rings. The molecule has 0 radical (unpaired) electrons. The average molecular weight is 268 g/mol. The van der Waals surface area contributed by atoms with Crippen molar-refractivity contribution in [2.24, 2.45) is 0 Å². The number of hydrogen-bond acceptors (Lipinski definition) is 2. The summed E-state index contributed by atoms with van der Waals surface area (Å²) in [5.41, 5.74) is -0.527. The van der Waals surface area contributed by atoms with Gasteiger partial charge in [0.1, 0.15) is 5.54 Å². The minimum absolute atomic E-state index is 0.470. The molecule has 0 heterocycles. The van der Waals surface area contributed by atoms with Crippen molar-refractivity contribution in [3.63, 3.8) is 0 Å². The summed E-state index contributed by atoms with van der Waals surface area (Å²) >= 11 is 5.80. The third-order valence-corrected chi connectivity index (χ3v) is 2.48. The molecule has 4 nitrogen and oxygen atoms in total. The van der Waals surface area contributed by atoms with Crippen molar-refractivity contribution in [3.05, 3.63) is 40.9 Å². The van der Waals surface area contributed by atoms with Crippen LogP contribution in [-0.2, 0) is 9.59 Å². The summed E-state index contributed by atoms with van der Waals surface area (Å²) < 4.78 is 0. The molecule has 5 heteroatoms. The van der Waals surface area contributed by atoms with Gasteiger partial charge in [-0.15, -0.1) is 0 Å². The fourth-order valence-corrected chi connectivity index (χ4v) is 1.38. The number of carboxylic acid groups (broad SMARTS) is 1. The van der Waals surface area contributed by atoms with Crippen molar-refractivity contribution in [1.29, 1.82) is 0 Å². The van der Waals surface area contributed by atoms with Crippen LogP contribution < -0.4 is 5.32 Å². The van der Waals surface area contributed by atoms with Gasteiger partial charge in [-0.25, -0.2) is 4.79 Å². The topological polar surface area (TPSA) is 66.4 Å². The fraction of sp³-hybridized carbons (Fsp3) is 0.231. The van der Waals surface area contributed by atoms with Crippen LogP contribution in [-0.4, -0.2) is 22.5 Å². The van der Waals surface area contributed by atoms with Crippen LogP contribution >= 0.6 is 11.6 Å². The van der Waals surface area contributed by atoms with Gasteiger partial charge < -0.3 is 10.4 Å². The Kier molecular flexibility index (Phi) is 4.50. The summed E-state index contributed by atoms with van der Waals surface area (Å²) in [6.45, 7) is 2.83. The number of rotatable bonds is 4. The zero-order valence-corrected chi connectivity index (χ0v) is 10.9. The Balaban J connectivity index is 2.68. The number of aliphatic carboxylic acids is 1. The third-order valence-electron chi connectivity index (χ3n) is 2.25. The molecule has 1 rings (SSSR count). The first-order valence-electron chi connectivity index (χ1n) is 5.30. The summed E-state index contributed by atoms with van der Waals surface area (Å²) in [6.07, 6.45) is 2.84. The molecule has 96 valence electrons. The van der Waals surface area contributed by atoms with Crippen LogP contribution in [0.15, 0.2) is 30.3 Å². The molecule has 0 atom stereocenters. The van der Waals surface area contributed by atoms with Crippen molar-refractivity contribution in [2.75, 3.05) is 0 Å². The largest absolute Gasteiger partial charge is 0.480 e. The predicted octanol–water partition coefficient (Wildman–Crippen LogP) is 2.33. The lowest BCUT2D eigenvalue weighted by Gasteiger charge is -2.19. The Morgan fingerprint density at radius 3 is 2.61 bits per heavy atom. The summed E-state index contributed by atoms with van der Waals surface area (Å²) in [5.74, 6) is -1.56. The minimum atomic E-state index is -1.30. The predicted molar refractivity (Wildman–Crippen MR) is 70.3 cm³/mol. The van der Waals surface area contributed by atoms with Gasteiger partial charge in [0, 0.05) is 11.1 Å². The van der Waals surface area contributed by atoms with E-state index in [0.717, 1.165) is 5.56 Å². The molecule has 0 spiro atoms. The number of carbonyl (C=O) groups excluding carboxylic acids is 1. The molecule has 0 saturated carbocycles. The summed E-state index contributed by atoms with van der Waals surface area (Å²) in [5, 5.41) is 11.8. The Morgan fingerprint density at radius 2 is 2.06 bits per heavy atom. The molecule has 0 aliphatic carbocycles. The van der Waals surface area contributed by atoms with Gasteiger partial charge in [-0.05, 0) is 37.6 Å². The highest BCUT2D eigenvalue weighted by Gasteiger charge is 2.27. The second kappa shape index (κ2) is 5.69. The van der Waals surface area contributed by atoms with Gasteiger partial charge in [0.25, 0.3) is 0 Å². The van der Waals surface area contributed by atoms with E-state index < -0.39 is 17.4 Å². The van der Waals surface area contributed by atoms with Crippen molar-refractivity contribution >= 4 is 29.6 Å². The minimum Gasteiger partial charge on any atom is -0.480 e. The van der Waals surface area contributed by atoms with E-state index in [0.29, 0.717) is 5.02 Å². The molecule has 0 saturated heterocycles. The first-order valence-corrected chi connectivity index (χ1v) is 5.68. The Morgan fingerprint density at radius 1 is 1.39 bits per heavy atom. The van der Waals surface area contributed by atoms with Crippen LogP contribution in [0.5, 0.6) is 0 Å². The molecule has 0 aliphatic rings.